The lowest BCUT2D eigenvalue weighted by molar-refractivity contribution is -0.120. The molecular formula is C20H24N2O3. The van der Waals surface area contributed by atoms with Gasteiger partial charge in [0.05, 0.1) is 12.8 Å². The number of rotatable bonds is 8. The highest BCUT2D eigenvalue weighted by Gasteiger charge is 2.04. The quantitative estimate of drug-likeness (QED) is 0.579. The van der Waals surface area contributed by atoms with E-state index in [4.69, 9.17) is 9.57 Å². The van der Waals surface area contributed by atoms with Gasteiger partial charge in [-0.1, -0.05) is 31.1 Å². The smallest absolute Gasteiger partial charge is 0.265 e. The van der Waals surface area contributed by atoms with Crippen molar-refractivity contribution in [3.05, 3.63) is 59.7 Å². The van der Waals surface area contributed by atoms with E-state index in [1.165, 1.54) is 5.56 Å². The van der Waals surface area contributed by atoms with Gasteiger partial charge in [-0.25, -0.2) is 0 Å². The molecule has 1 amide bonds. The summed E-state index contributed by atoms with van der Waals surface area (Å²) in [6, 6.07) is 15.2. The van der Waals surface area contributed by atoms with E-state index in [9.17, 15) is 4.79 Å². The SMILES string of the molecule is CCOc1ccc(/C=N/OCC(=O)Nc2ccc(C(C)C)cc2)cc1. The molecule has 132 valence electrons. The Morgan fingerprint density at radius 1 is 1.12 bits per heavy atom. The van der Waals surface area contributed by atoms with Crippen LogP contribution in [0.3, 0.4) is 0 Å². The van der Waals surface area contributed by atoms with Crippen molar-refractivity contribution in [2.24, 2.45) is 5.16 Å². The van der Waals surface area contributed by atoms with E-state index < -0.39 is 0 Å². The van der Waals surface area contributed by atoms with Crippen molar-refractivity contribution in [2.75, 3.05) is 18.5 Å². The second kappa shape index (κ2) is 9.47. The van der Waals surface area contributed by atoms with Gasteiger partial charge in [0.1, 0.15) is 5.75 Å². The summed E-state index contributed by atoms with van der Waals surface area (Å²) in [5.74, 6) is 1.02. The highest BCUT2D eigenvalue weighted by molar-refractivity contribution is 5.91. The number of carbonyl (C=O) groups is 1. The van der Waals surface area contributed by atoms with Gasteiger partial charge in [-0.15, -0.1) is 0 Å². The molecule has 5 nitrogen and oxygen atoms in total. The van der Waals surface area contributed by atoms with E-state index in [0.717, 1.165) is 17.0 Å². The summed E-state index contributed by atoms with van der Waals surface area (Å²) in [4.78, 5) is 16.9. The number of hydrogen-bond donors (Lipinski definition) is 1. The van der Waals surface area contributed by atoms with E-state index in [1.807, 2.05) is 55.5 Å². The first-order valence-electron chi connectivity index (χ1n) is 8.36. The zero-order valence-corrected chi connectivity index (χ0v) is 14.9. The minimum absolute atomic E-state index is 0.139. The molecule has 0 aliphatic heterocycles. The average Bonchev–Trinajstić information content (AvgIpc) is 2.61. The fourth-order valence-electron chi connectivity index (χ4n) is 2.16. The van der Waals surface area contributed by atoms with Crippen molar-refractivity contribution in [2.45, 2.75) is 26.7 Å². The zero-order valence-electron chi connectivity index (χ0n) is 14.9. The van der Waals surface area contributed by atoms with E-state index in [1.54, 1.807) is 6.21 Å². The summed E-state index contributed by atoms with van der Waals surface area (Å²) < 4.78 is 5.37. The Labute approximate surface area is 148 Å². The van der Waals surface area contributed by atoms with Gasteiger partial charge in [-0.05, 0) is 60.4 Å². The van der Waals surface area contributed by atoms with E-state index in [0.29, 0.717) is 12.5 Å². The Balaban J connectivity index is 1.75. The van der Waals surface area contributed by atoms with Crippen molar-refractivity contribution in [3.63, 3.8) is 0 Å². The predicted molar refractivity (Wildman–Crippen MR) is 100 cm³/mol. The van der Waals surface area contributed by atoms with Gasteiger partial charge in [0.2, 0.25) is 0 Å². The number of ether oxygens (including phenoxy) is 1. The van der Waals surface area contributed by atoms with Gasteiger partial charge < -0.3 is 14.9 Å². The molecule has 0 unspecified atom stereocenters. The van der Waals surface area contributed by atoms with Crippen LogP contribution in [-0.4, -0.2) is 25.3 Å². The minimum atomic E-state index is -0.249. The highest BCUT2D eigenvalue weighted by Crippen LogP contribution is 2.17. The molecule has 0 atom stereocenters. The Hall–Kier alpha value is -2.82. The predicted octanol–water partition coefficient (Wildman–Crippen LogP) is 4.20. The van der Waals surface area contributed by atoms with Crippen LogP contribution in [0.2, 0.25) is 0 Å². The fourth-order valence-corrected chi connectivity index (χ4v) is 2.16. The van der Waals surface area contributed by atoms with E-state index in [-0.39, 0.29) is 12.5 Å². The lowest BCUT2D eigenvalue weighted by atomic mass is 10.0. The molecule has 5 heteroatoms. The van der Waals surface area contributed by atoms with Crippen molar-refractivity contribution >= 4 is 17.8 Å². The molecule has 0 aliphatic carbocycles. The summed E-state index contributed by atoms with van der Waals surface area (Å²) in [5, 5.41) is 6.58. The lowest BCUT2D eigenvalue weighted by Crippen LogP contribution is -2.16. The van der Waals surface area contributed by atoms with Gasteiger partial charge >= 0.3 is 0 Å². The number of nitrogens with zero attached hydrogens (tertiary/aromatic N) is 1. The van der Waals surface area contributed by atoms with E-state index in [2.05, 4.69) is 24.3 Å². The maximum atomic E-state index is 11.8. The normalized spacial score (nSPS) is 10.9. The van der Waals surface area contributed by atoms with Crippen molar-refractivity contribution < 1.29 is 14.4 Å². The van der Waals surface area contributed by atoms with Gasteiger partial charge in [0.15, 0.2) is 6.61 Å². The van der Waals surface area contributed by atoms with Crippen LogP contribution in [-0.2, 0) is 9.63 Å². The summed E-state index contributed by atoms with van der Waals surface area (Å²) in [5.41, 5.74) is 2.84. The first-order chi connectivity index (χ1) is 12.1. The molecular weight excluding hydrogens is 316 g/mol. The van der Waals surface area contributed by atoms with Crippen molar-refractivity contribution in [1.29, 1.82) is 0 Å². The molecule has 2 aromatic rings. The van der Waals surface area contributed by atoms with Crippen molar-refractivity contribution in [1.82, 2.24) is 0 Å². The molecule has 2 aromatic carbocycles. The summed E-state index contributed by atoms with van der Waals surface area (Å²) in [7, 11) is 0. The third kappa shape index (κ3) is 6.30. The standard InChI is InChI=1S/C20H24N2O3/c1-4-24-19-11-5-16(6-12-19)13-21-25-14-20(23)22-18-9-7-17(8-10-18)15(2)3/h5-13,15H,4,14H2,1-3H3,(H,22,23)/b21-13+. The van der Waals surface area contributed by atoms with Crippen LogP contribution >= 0.6 is 0 Å². The molecule has 2 rings (SSSR count). The van der Waals surface area contributed by atoms with Crippen LogP contribution in [0.15, 0.2) is 53.7 Å². The number of hydrogen-bond acceptors (Lipinski definition) is 4. The number of carbonyl (C=O) groups excluding carboxylic acids is 1. The summed E-state index contributed by atoms with van der Waals surface area (Å²) >= 11 is 0. The zero-order chi connectivity index (χ0) is 18.1. The molecule has 0 spiro atoms. The number of anilines is 1. The summed E-state index contributed by atoms with van der Waals surface area (Å²) in [6.45, 7) is 6.69. The van der Waals surface area contributed by atoms with Crippen LogP contribution in [0.4, 0.5) is 5.69 Å². The Bertz CT molecular complexity index is 692. The minimum Gasteiger partial charge on any atom is -0.494 e. The molecule has 0 radical (unpaired) electrons. The highest BCUT2D eigenvalue weighted by atomic mass is 16.6. The Kier molecular flexibility index (Phi) is 7.01. The van der Waals surface area contributed by atoms with Crippen LogP contribution in [0.1, 0.15) is 37.8 Å². The van der Waals surface area contributed by atoms with Crippen LogP contribution in [0, 0.1) is 0 Å². The molecule has 0 aromatic heterocycles. The van der Waals surface area contributed by atoms with Gasteiger partial charge in [0, 0.05) is 5.69 Å². The molecule has 0 saturated carbocycles. The average molecular weight is 340 g/mol. The molecule has 0 aliphatic rings. The Morgan fingerprint density at radius 2 is 1.80 bits per heavy atom. The van der Waals surface area contributed by atoms with Gasteiger partial charge in [-0.2, -0.15) is 0 Å². The molecule has 0 fully saturated rings. The molecule has 0 bridgehead atoms. The second-order valence-corrected chi connectivity index (χ2v) is 5.83. The third-order valence-corrected chi connectivity index (χ3v) is 3.52. The lowest BCUT2D eigenvalue weighted by Gasteiger charge is -2.08. The molecule has 0 saturated heterocycles. The number of amides is 1. The van der Waals surface area contributed by atoms with Crippen LogP contribution in [0.25, 0.3) is 0 Å². The first kappa shape index (κ1) is 18.5. The Morgan fingerprint density at radius 3 is 2.40 bits per heavy atom. The second-order valence-electron chi connectivity index (χ2n) is 5.83. The van der Waals surface area contributed by atoms with E-state index >= 15 is 0 Å². The largest absolute Gasteiger partial charge is 0.494 e. The third-order valence-electron chi connectivity index (χ3n) is 3.52. The fraction of sp³-hybridized carbons (Fsp3) is 0.300. The maximum Gasteiger partial charge on any atom is 0.265 e. The first-order valence-corrected chi connectivity index (χ1v) is 8.36. The monoisotopic (exact) mass is 340 g/mol. The maximum absolute atomic E-state index is 11.8. The van der Waals surface area contributed by atoms with Crippen LogP contribution < -0.4 is 10.1 Å². The molecule has 0 heterocycles. The topological polar surface area (TPSA) is 59.9 Å². The molecule has 25 heavy (non-hydrogen) atoms. The van der Waals surface area contributed by atoms with Crippen molar-refractivity contribution in [3.8, 4) is 5.75 Å². The van der Waals surface area contributed by atoms with Gasteiger partial charge in [0.25, 0.3) is 5.91 Å². The number of nitrogens with one attached hydrogen (secondary N) is 1. The number of benzene rings is 2. The van der Waals surface area contributed by atoms with Crippen LogP contribution in [0.5, 0.6) is 5.75 Å². The number of oxime groups is 1. The molecule has 1 N–H and O–H groups in total. The van der Waals surface area contributed by atoms with Gasteiger partial charge in [-0.3, -0.25) is 4.79 Å². The summed E-state index contributed by atoms with van der Waals surface area (Å²) in [6.07, 6.45) is 1.56.